The van der Waals surface area contributed by atoms with E-state index in [1.165, 1.54) is 18.1 Å². The van der Waals surface area contributed by atoms with Gasteiger partial charge in [-0.25, -0.2) is 9.18 Å². The third kappa shape index (κ3) is 3.74. The SMILES string of the molecule is COC(=O)C1=C(C)N(Cc2ccccc2F)C(=O)CC1c1ccccc1Cl. The van der Waals surface area contributed by atoms with Gasteiger partial charge in [0.25, 0.3) is 0 Å². The van der Waals surface area contributed by atoms with Gasteiger partial charge in [-0.15, -0.1) is 0 Å². The van der Waals surface area contributed by atoms with Crippen LogP contribution in [0.15, 0.2) is 59.8 Å². The van der Waals surface area contributed by atoms with Crippen LogP contribution in [0.2, 0.25) is 5.02 Å². The summed E-state index contributed by atoms with van der Waals surface area (Å²) in [5, 5.41) is 0.479. The molecule has 0 N–H and O–H groups in total. The van der Waals surface area contributed by atoms with Crippen molar-refractivity contribution in [3.63, 3.8) is 0 Å². The number of nitrogens with zero attached hydrogens (tertiary/aromatic N) is 1. The fraction of sp³-hybridized carbons (Fsp3) is 0.238. The molecular weight excluding hydrogens is 369 g/mol. The third-order valence-electron chi connectivity index (χ3n) is 4.80. The molecule has 0 bridgehead atoms. The lowest BCUT2D eigenvalue weighted by Gasteiger charge is -2.34. The Morgan fingerprint density at radius 2 is 1.89 bits per heavy atom. The Kier molecular flexibility index (Phi) is 5.61. The molecule has 0 saturated heterocycles. The number of carbonyl (C=O) groups is 2. The summed E-state index contributed by atoms with van der Waals surface area (Å²) < 4.78 is 19.0. The first-order valence-corrected chi connectivity index (χ1v) is 8.89. The molecule has 1 aliphatic rings. The number of halogens is 2. The summed E-state index contributed by atoms with van der Waals surface area (Å²) in [5.41, 5.74) is 1.89. The molecule has 2 aromatic carbocycles. The van der Waals surface area contributed by atoms with Crippen LogP contribution in [0, 0.1) is 5.82 Å². The summed E-state index contributed by atoms with van der Waals surface area (Å²) in [5.74, 6) is -1.63. The van der Waals surface area contributed by atoms with Crippen molar-refractivity contribution in [2.24, 2.45) is 0 Å². The Hall–Kier alpha value is -2.66. The quantitative estimate of drug-likeness (QED) is 0.728. The van der Waals surface area contributed by atoms with Crippen LogP contribution in [0.3, 0.4) is 0 Å². The standard InChI is InChI=1S/C21H19ClFNO3/c1-13-20(21(26)27-2)16(15-8-4-5-9-17(15)22)11-19(25)24(13)12-14-7-3-6-10-18(14)23/h3-10,16H,11-12H2,1-2H3. The highest BCUT2D eigenvalue weighted by Crippen LogP contribution is 2.40. The molecule has 140 valence electrons. The lowest BCUT2D eigenvalue weighted by molar-refractivity contribution is -0.138. The molecule has 1 unspecified atom stereocenters. The third-order valence-corrected chi connectivity index (χ3v) is 5.14. The molecule has 2 aromatic rings. The molecular formula is C21H19ClFNO3. The first kappa shape index (κ1) is 19.1. The molecule has 0 spiro atoms. The molecule has 1 atom stereocenters. The number of rotatable bonds is 4. The van der Waals surface area contributed by atoms with Crippen LogP contribution in [-0.2, 0) is 20.9 Å². The molecule has 0 fully saturated rings. The van der Waals surface area contributed by atoms with E-state index >= 15 is 0 Å². The van der Waals surface area contributed by atoms with Gasteiger partial charge >= 0.3 is 5.97 Å². The van der Waals surface area contributed by atoms with Crippen LogP contribution < -0.4 is 0 Å². The molecule has 4 nitrogen and oxygen atoms in total. The van der Waals surface area contributed by atoms with Gasteiger partial charge in [0, 0.05) is 28.6 Å². The predicted octanol–water partition coefficient (Wildman–Crippen LogP) is 4.44. The summed E-state index contributed by atoms with van der Waals surface area (Å²) in [6.07, 6.45) is 0.0555. The van der Waals surface area contributed by atoms with Crippen LogP contribution in [0.25, 0.3) is 0 Å². The van der Waals surface area contributed by atoms with Crippen LogP contribution in [0.1, 0.15) is 30.4 Å². The van der Waals surface area contributed by atoms with E-state index in [1.54, 1.807) is 43.3 Å². The summed E-state index contributed by atoms with van der Waals surface area (Å²) in [6.45, 7) is 1.72. The van der Waals surface area contributed by atoms with Gasteiger partial charge in [-0.1, -0.05) is 48.0 Å². The molecule has 0 radical (unpaired) electrons. The van der Waals surface area contributed by atoms with Crippen molar-refractivity contribution in [3.05, 3.63) is 81.8 Å². The average Bonchev–Trinajstić information content (AvgIpc) is 2.66. The van der Waals surface area contributed by atoms with Crippen molar-refractivity contribution in [3.8, 4) is 0 Å². The number of hydrogen-bond donors (Lipinski definition) is 0. The minimum Gasteiger partial charge on any atom is -0.466 e. The van der Waals surface area contributed by atoms with Gasteiger partial charge in [-0.05, 0) is 24.6 Å². The number of allylic oxidation sites excluding steroid dienone is 1. The minimum atomic E-state index is -0.525. The molecule has 0 saturated carbocycles. The number of hydrogen-bond acceptors (Lipinski definition) is 3. The number of benzene rings is 2. The highest BCUT2D eigenvalue weighted by atomic mass is 35.5. The molecule has 1 aliphatic heterocycles. The zero-order chi connectivity index (χ0) is 19.6. The average molecular weight is 388 g/mol. The maximum absolute atomic E-state index is 14.1. The second-order valence-corrected chi connectivity index (χ2v) is 6.75. The fourth-order valence-corrected chi connectivity index (χ4v) is 3.67. The van der Waals surface area contributed by atoms with Crippen molar-refractivity contribution in [1.82, 2.24) is 4.90 Å². The van der Waals surface area contributed by atoms with Crippen molar-refractivity contribution in [2.75, 3.05) is 7.11 Å². The van der Waals surface area contributed by atoms with E-state index in [-0.39, 0.29) is 18.9 Å². The lowest BCUT2D eigenvalue weighted by Crippen LogP contribution is -2.38. The van der Waals surface area contributed by atoms with E-state index < -0.39 is 17.7 Å². The molecule has 0 aromatic heterocycles. The first-order valence-electron chi connectivity index (χ1n) is 8.51. The van der Waals surface area contributed by atoms with E-state index in [2.05, 4.69) is 0 Å². The van der Waals surface area contributed by atoms with E-state index in [0.717, 1.165) is 0 Å². The number of ether oxygens (including phenoxy) is 1. The maximum atomic E-state index is 14.1. The van der Waals surface area contributed by atoms with Gasteiger partial charge in [-0.3, -0.25) is 4.79 Å². The zero-order valence-corrected chi connectivity index (χ0v) is 15.8. The van der Waals surface area contributed by atoms with Gasteiger partial charge in [0.05, 0.1) is 19.2 Å². The number of methoxy groups -OCH3 is 1. The van der Waals surface area contributed by atoms with Crippen molar-refractivity contribution in [1.29, 1.82) is 0 Å². The molecule has 3 rings (SSSR count). The van der Waals surface area contributed by atoms with Crippen LogP contribution in [0.5, 0.6) is 0 Å². The van der Waals surface area contributed by atoms with Crippen LogP contribution >= 0.6 is 11.6 Å². The normalized spacial score (nSPS) is 17.3. The fourth-order valence-electron chi connectivity index (χ4n) is 3.40. The molecule has 27 heavy (non-hydrogen) atoms. The summed E-state index contributed by atoms with van der Waals surface area (Å²) in [6, 6.07) is 13.4. The summed E-state index contributed by atoms with van der Waals surface area (Å²) in [4.78, 5) is 26.8. The smallest absolute Gasteiger partial charge is 0.336 e. The highest BCUT2D eigenvalue weighted by molar-refractivity contribution is 6.31. The molecule has 1 heterocycles. The monoisotopic (exact) mass is 387 g/mol. The summed E-state index contributed by atoms with van der Waals surface area (Å²) in [7, 11) is 1.30. The second kappa shape index (κ2) is 7.92. The lowest BCUT2D eigenvalue weighted by atomic mass is 9.83. The van der Waals surface area contributed by atoms with Gasteiger partial charge in [0.15, 0.2) is 0 Å². The summed E-state index contributed by atoms with van der Waals surface area (Å²) >= 11 is 6.30. The predicted molar refractivity (Wildman–Crippen MR) is 100 cm³/mol. The van der Waals surface area contributed by atoms with E-state index in [9.17, 15) is 14.0 Å². The largest absolute Gasteiger partial charge is 0.466 e. The molecule has 0 aliphatic carbocycles. The van der Waals surface area contributed by atoms with Crippen molar-refractivity contribution < 1.29 is 18.7 Å². The number of carbonyl (C=O) groups excluding carboxylic acids is 2. The maximum Gasteiger partial charge on any atom is 0.336 e. The Morgan fingerprint density at radius 1 is 1.22 bits per heavy atom. The van der Waals surface area contributed by atoms with Gasteiger partial charge in [0.2, 0.25) is 5.91 Å². The minimum absolute atomic E-state index is 0.0487. The highest BCUT2D eigenvalue weighted by Gasteiger charge is 2.37. The topological polar surface area (TPSA) is 46.6 Å². The van der Waals surface area contributed by atoms with Gasteiger partial charge < -0.3 is 9.64 Å². The van der Waals surface area contributed by atoms with Gasteiger partial charge in [0.1, 0.15) is 5.82 Å². The van der Waals surface area contributed by atoms with E-state index in [1.807, 2.05) is 6.07 Å². The molecule has 1 amide bonds. The second-order valence-electron chi connectivity index (χ2n) is 6.34. The van der Waals surface area contributed by atoms with Crippen LogP contribution in [-0.4, -0.2) is 23.9 Å². The first-order chi connectivity index (χ1) is 12.9. The number of esters is 1. The van der Waals surface area contributed by atoms with E-state index in [0.29, 0.717) is 27.4 Å². The van der Waals surface area contributed by atoms with E-state index in [4.69, 9.17) is 16.3 Å². The van der Waals surface area contributed by atoms with Gasteiger partial charge in [-0.2, -0.15) is 0 Å². The molecule has 6 heteroatoms. The number of amides is 1. The zero-order valence-electron chi connectivity index (χ0n) is 15.0. The van der Waals surface area contributed by atoms with Crippen LogP contribution in [0.4, 0.5) is 4.39 Å². The Morgan fingerprint density at radius 3 is 2.56 bits per heavy atom. The van der Waals surface area contributed by atoms with Crippen molar-refractivity contribution in [2.45, 2.75) is 25.8 Å². The Labute approximate surface area is 162 Å². The van der Waals surface area contributed by atoms with Crippen molar-refractivity contribution >= 4 is 23.5 Å². The Balaban J connectivity index is 2.07. The Bertz CT molecular complexity index is 925.